The van der Waals surface area contributed by atoms with Gasteiger partial charge in [-0.3, -0.25) is 9.59 Å². The lowest BCUT2D eigenvalue weighted by atomic mass is 9.77. The van der Waals surface area contributed by atoms with Gasteiger partial charge in [0.15, 0.2) is 10.8 Å². The van der Waals surface area contributed by atoms with E-state index >= 15 is 0 Å². The molecular weight excluding hydrogens is 476 g/mol. The Morgan fingerprint density at radius 3 is 2.56 bits per heavy atom. The third-order valence-corrected chi connectivity index (χ3v) is 6.04. The minimum Gasteiger partial charge on any atom is -0.481 e. The highest BCUT2D eigenvalue weighted by Crippen LogP contribution is 2.39. The molecule has 1 aliphatic carbocycles. The van der Waals surface area contributed by atoms with Crippen LogP contribution in [0.25, 0.3) is 0 Å². The Morgan fingerprint density at radius 1 is 1.25 bits per heavy atom. The molecule has 1 aromatic carbocycles. The topological polar surface area (TPSA) is 90.7 Å². The molecular formula is C20H19Cl2F3N2O5. The van der Waals surface area contributed by atoms with Gasteiger partial charge in [0.25, 0.3) is 5.56 Å². The predicted molar refractivity (Wildman–Crippen MR) is 110 cm³/mol. The average molecular weight is 495 g/mol. The number of rotatable bonds is 6. The first kappa shape index (κ1) is 24.2. The number of hydrogen-bond donors (Lipinski definition) is 1. The lowest BCUT2D eigenvalue weighted by Gasteiger charge is -2.34. The van der Waals surface area contributed by atoms with Gasteiger partial charge in [0.2, 0.25) is 0 Å². The van der Waals surface area contributed by atoms with Gasteiger partial charge in [-0.15, -0.1) is 13.2 Å². The van der Waals surface area contributed by atoms with Gasteiger partial charge in [-0.25, -0.2) is 4.68 Å². The Hall–Kier alpha value is -2.46. The first-order chi connectivity index (χ1) is 15.0. The zero-order chi connectivity index (χ0) is 23.6. The lowest BCUT2D eigenvalue weighted by Crippen LogP contribution is -2.38. The number of nitrogens with zero attached hydrogens (tertiary/aromatic N) is 2. The molecule has 12 heteroatoms. The average Bonchev–Trinajstić information content (AvgIpc) is 2.71. The molecule has 0 saturated heterocycles. The summed E-state index contributed by atoms with van der Waals surface area (Å²) in [6.07, 6.45) is -0.785. The van der Waals surface area contributed by atoms with Crippen molar-refractivity contribution in [3.8, 4) is 17.2 Å². The Kier molecular flexibility index (Phi) is 7.24. The summed E-state index contributed by atoms with van der Waals surface area (Å²) in [5.74, 6) is -2.64. The van der Waals surface area contributed by atoms with E-state index in [2.05, 4.69) is 9.84 Å². The number of hydrogen-bond acceptors (Lipinski definition) is 5. The van der Waals surface area contributed by atoms with E-state index in [0.29, 0.717) is 12.8 Å². The van der Waals surface area contributed by atoms with Gasteiger partial charge in [-0.1, -0.05) is 43.0 Å². The predicted octanol–water partition coefficient (Wildman–Crippen LogP) is 5.69. The molecule has 0 spiro atoms. The van der Waals surface area contributed by atoms with Crippen LogP contribution < -0.4 is 15.0 Å². The van der Waals surface area contributed by atoms with Gasteiger partial charge < -0.3 is 14.6 Å². The molecule has 3 atom stereocenters. The van der Waals surface area contributed by atoms with Crippen LogP contribution in [0.4, 0.5) is 13.2 Å². The smallest absolute Gasteiger partial charge is 0.481 e. The van der Waals surface area contributed by atoms with Crippen LogP contribution in [0.1, 0.15) is 38.6 Å². The van der Waals surface area contributed by atoms with E-state index in [1.807, 2.05) is 0 Å². The highest BCUT2D eigenvalue weighted by atomic mass is 35.5. The molecule has 174 valence electrons. The van der Waals surface area contributed by atoms with E-state index in [9.17, 15) is 27.9 Å². The third-order valence-electron chi connectivity index (χ3n) is 5.40. The molecule has 0 radical (unpaired) electrons. The van der Waals surface area contributed by atoms with Crippen molar-refractivity contribution in [1.29, 1.82) is 0 Å². The number of carboxylic acids is 1. The van der Waals surface area contributed by atoms with Gasteiger partial charge >= 0.3 is 12.3 Å². The molecule has 1 aliphatic rings. The van der Waals surface area contributed by atoms with E-state index in [1.165, 1.54) is 10.9 Å². The molecule has 0 bridgehead atoms. The molecule has 7 nitrogen and oxygen atoms in total. The fourth-order valence-electron chi connectivity index (χ4n) is 3.83. The normalized spacial score (nSPS) is 19.9. The Balaban J connectivity index is 1.86. The first-order valence-corrected chi connectivity index (χ1v) is 10.5. The van der Waals surface area contributed by atoms with Crippen molar-refractivity contribution < 1.29 is 32.5 Å². The fraction of sp³-hybridized carbons (Fsp3) is 0.450. The van der Waals surface area contributed by atoms with Gasteiger partial charge in [-0.05, 0) is 30.9 Å². The van der Waals surface area contributed by atoms with E-state index < -0.39 is 35.6 Å². The Labute approximate surface area is 190 Å². The van der Waals surface area contributed by atoms with Crippen molar-refractivity contribution >= 4 is 29.2 Å². The summed E-state index contributed by atoms with van der Waals surface area (Å²) >= 11 is 12.2. The van der Waals surface area contributed by atoms with Gasteiger partial charge in [-0.2, -0.15) is 5.10 Å². The number of benzene rings is 1. The van der Waals surface area contributed by atoms with Crippen LogP contribution in [-0.4, -0.2) is 27.2 Å². The van der Waals surface area contributed by atoms with Crippen molar-refractivity contribution in [2.45, 2.75) is 45.0 Å². The molecule has 0 amide bonds. The molecule has 1 fully saturated rings. The van der Waals surface area contributed by atoms with E-state index in [0.717, 1.165) is 31.0 Å². The van der Waals surface area contributed by atoms with Crippen molar-refractivity contribution in [2.24, 2.45) is 11.8 Å². The largest absolute Gasteiger partial charge is 0.573 e. The highest BCUT2D eigenvalue weighted by Gasteiger charge is 2.36. The van der Waals surface area contributed by atoms with Crippen molar-refractivity contribution in [3.05, 3.63) is 44.8 Å². The molecule has 0 aliphatic heterocycles. The number of aromatic nitrogens is 2. The van der Waals surface area contributed by atoms with Crippen LogP contribution in [0, 0.1) is 11.8 Å². The quantitative estimate of drug-likeness (QED) is 0.554. The molecule has 1 N–H and O–H groups in total. The zero-order valence-electron chi connectivity index (χ0n) is 16.7. The van der Waals surface area contributed by atoms with E-state index in [4.69, 9.17) is 27.9 Å². The molecule has 3 unspecified atom stereocenters. The van der Waals surface area contributed by atoms with E-state index in [1.54, 1.807) is 6.92 Å². The molecule has 1 aromatic heterocycles. The van der Waals surface area contributed by atoms with Crippen LogP contribution >= 0.6 is 23.2 Å². The standard InChI is InChI=1S/C20H19Cl2F3N2O5/c1-10(19(29)30)12-4-2-3-5-14(12)27-18(28)17(22)16(9-26-27)31-15-7-6-11(8-13(15)21)32-20(23,24)25/h6-10,12,14H,2-5H2,1H3,(H,29,30). The highest BCUT2D eigenvalue weighted by molar-refractivity contribution is 6.32. The van der Waals surface area contributed by atoms with Gasteiger partial charge in [0.1, 0.15) is 11.5 Å². The van der Waals surface area contributed by atoms with Crippen LogP contribution in [0.15, 0.2) is 29.2 Å². The van der Waals surface area contributed by atoms with Crippen LogP contribution in [0.5, 0.6) is 17.2 Å². The minimum atomic E-state index is -4.88. The summed E-state index contributed by atoms with van der Waals surface area (Å²) in [6, 6.07) is 2.61. The second-order valence-corrected chi connectivity index (χ2v) is 8.24. The molecule has 1 heterocycles. The molecule has 3 rings (SSSR count). The zero-order valence-corrected chi connectivity index (χ0v) is 18.2. The first-order valence-electron chi connectivity index (χ1n) is 9.71. The van der Waals surface area contributed by atoms with Crippen molar-refractivity contribution in [2.75, 3.05) is 0 Å². The number of aliphatic carboxylic acids is 1. The summed E-state index contributed by atoms with van der Waals surface area (Å²) in [6.45, 7) is 1.60. The fourth-order valence-corrected chi connectivity index (χ4v) is 4.21. The maximum Gasteiger partial charge on any atom is 0.573 e. The maximum absolute atomic E-state index is 12.9. The number of carboxylic acid groups (broad SMARTS) is 1. The summed E-state index contributed by atoms with van der Waals surface area (Å²) in [5.41, 5.74) is -0.660. The summed E-state index contributed by atoms with van der Waals surface area (Å²) in [4.78, 5) is 24.4. The number of alkyl halides is 3. The SMILES string of the molecule is CC(C(=O)O)C1CCCCC1n1ncc(Oc2ccc(OC(F)(F)F)cc2Cl)c(Cl)c1=O. The second kappa shape index (κ2) is 9.58. The third kappa shape index (κ3) is 5.47. The lowest BCUT2D eigenvalue weighted by molar-refractivity contribution is -0.274. The van der Waals surface area contributed by atoms with Crippen LogP contribution in [-0.2, 0) is 4.79 Å². The van der Waals surface area contributed by atoms with Gasteiger partial charge in [0, 0.05) is 6.07 Å². The Bertz CT molecular complexity index is 1060. The van der Waals surface area contributed by atoms with Crippen molar-refractivity contribution in [3.63, 3.8) is 0 Å². The van der Waals surface area contributed by atoms with Crippen LogP contribution in [0.2, 0.25) is 10.0 Å². The molecule has 1 saturated carbocycles. The monoisotopic (exact) mass is 494 g/mol. The summed E-state index contributed by atoms with van der Waals surface area (Å²) < 4.78 is 47.5. The number of ether oxygens (including phenoxy) is 2. The molecule has 32 heavy (non-hydrogen) atoms. The minimum absolute atomic E-state index is 0.0583. The van der Waals surface area contributed by atoms with E-state index in [-0.39, 0.29) is 27.5 Å². The summed E-state index contributed by atoms with van der Waals surface area (Å²) in [5, 5.41) is 13.0. The Morgan fingerprint density at radius 2 is 1.94 bits per heavy atom. The van der Waals surface area contributed by atoms with Crippen LogP contribution in [0.3, 0.4) is 0 Å². The second-order valence-electron chi connectivity index (χ2n) is 7.46. The maximum atomic E-state index is 12.9. The van der Waals surface area contributed by atoms with Crippen molar-refractivity contribution in [1.82, 2.24) is 9.78 Å². The molecule has 2 aromatic rings. The number of halogens is 5. The number of carbonyl (C=O) groups is 1. The van der Waals surface area contributed by atoms with Gasteiger partial charge in [0.05, 0.1) is 23.2 Å². The summed E-state index contributed by atoms with van der Waals surface area (Å²) in [7, 11) is 0.